The zero-order valence-electron chi connectivity index (χ0n) is 11.8. The van der Waals surface area contributed by atoms with Crippen LogP contribution >= 0.6 is 22.9 Å². The average Bonchev–Trinajstić information content (AvgIpc) is 3.10. The zero-order valence-corrected chi connectivity index (χ0v) is 13.4. The Bertz CT molecular complexity index is 601. The van der Waals surface area contributed by atoms with Crippen LogP contribution in [0.4, 0.5) is 0 Å². The van der Waals surface area contributed by atoms with Crippen LogP contribution in [0.2, 0.25) is 5.02 Å². The second-order valence-corrected chi connectivity index (χ2v) is 6.79. The van der Waals surface area contributed by atoms with Crippen LogP contribution in [0, 0.1) is 5.92 Å². The molecule has 0 spiro atoms. The smallest absolute Gasteiger partial charge is 0.125 e. The predicted octanol–water partition coefficient (Wildman–Crippen LogP) is 3.67. The molecule has 2 heterocycles. The second kappa shape index (κ2) is 6.88. The van der Waals surface area contributed by atoms with Gasteiger partial charge in [0.05, 0.1) is 10.7 Å². The van der Waals surface area contributed by atoms with Crippen LogP contribution in [0.1, 0.15) is 18.5 Å². The molecule has 1 unspecified atom stereocenters. The van der Waals surface area contributed by atoms with Gasteiger partial charge in [0.1, 0.15) is 5.01 Å². The first-order chi connectivity index (χ1) is 10.3. The van der Waals surface area contributed by atoms with Crippen molar-refractivity contribution in [1.82, 2.24) is 9.88 Å². The number of likely N-dealkylation sites (tertiary alicyclic amines) is 1. The van der Waals surface area contributed by atoms with E-state index in [1.165, 1.54) is 6.42 Å². The molecule has 0 saturated carbocycles. The number of aliphatic hydroxyl groups is 1. The van der Waals surface area contributed by atoms with E-state index >= 15 is 0 Å². The summed E-state index contributed by atoms with van der Waals surface area (Å²) in [5, 5.41) is 12.9. The van der Waals surface area contributed by atoms with Crippen molar-refractivity contribution in [2.45, 2.75) is 19.4 Å². The minimum atomic E-state index is 0.297. The van der Waals surface area contributed by atoms with Gasteiger partial charge in [0, 0.05) is 30.6 Å². The Balaban J connectivity index is 1.65. The summed E-state index contributed by atoms with van der Waals surface area (Å²) in [7, 11) is 0. The predicted molar refractivity (Wildman–Crippen MR) is 87.6 cm³/mol. The third-order valence-electron chi connectivity index (χ3n) is 3.95. The molecule has 2 aromatic rings. The van der Waals surface area contributed by atoms with Crippen molar-refractivity contribution in [3.63, 3.8) is 0 Å². The molecule has 1 aliphatic heterocycles. The van der Waals surface area contributed by atoms with Gasteiger partial charge in [-0.15, -0.1) is 11.3 Å². The maximum absolute atomic E-state index is 9.02. The molecule has 3 rings (SSSR count). The van der Waals surface area contributed by atoms with Gasteiger partial charge in [-0.25, -0.2) is 4.98 Å². The number of hydrogen-bond acceptors (Lipinski definition) is 4. The van der Waals surface area contributed by atoms with Gasteiger partial charge in [-0.2, -0.15) is 0 Å². The van der Waals surface area contributed by atoms with Gasteiger partial charge in [-0.05, 0) is 31.4 Å². The van der Waals surface area contributed by atoms with E-state index in [4.69, 9.17) is 21.7 Å². The van der Waals surface area contributed by atoms with Crippen LogP contribution in [-0.2, 0) is 6.54 Å². The van der Waals surface area contributed by atoms with Crippen molar-refractivity contribution in [3.8, 4) is 10.6 Å². The molecule has 0 aliphatic carbocycles. The normalized spacial score (nSPS) is 19.2. The lowest BCUT2D eigenvalue weighted by Crippen LogP contribution is -2.20. The Hall–Kier alpha value is -0.940. The standard InChI is InChI=1S/C16H19ClN2OS/c17-15-4-2-1-3-14(15)16-18-13(11-21-16)10-19-7-5-12(9-19)6-8-20/h1-4,11-12,20H,5-10H2. The molecular weight excluding hydrogens is 304 g/mol. The Morgan fingerprint density at radius 3 is 3.05 bits per heavy atom. The number of thiazole rings is 1. The number of aliphatic hydroxyl groups excluding tert-OH is 1. The summed E-state index contributed by atoms with van der Waals surface area (Å²) in [5.74, 6) is 0.636. The van der Waals surface area contributed by atoms with Crippen molar-refractivity contribution in [3.05, 3.63) is 40.4 Å². The topological polar surface area (TPSA) is 36.4 Å². The molecule has 3 nitrogen and oxygen atoms in total. The van der Waals surface area contributed by atoms with Gasteiger partial charge < -0.3 is 5.11 Å². The Morgan fingerprint density at radius 2 is 2.24 bits per heavy atom. The number of halogens is 1. The molecule has 1 saturated heterocycles. The molecule has 5 heteroatoms. The van der Waals surface area contributed by atoms with Gasteiger partial charge in [0.15, 0.2) is 0 Å². The first-order valence-corrected chi connectivity index (χ1v) is 8.54. The summed E-state index contributed by atoms with van der Waals surface area (Å²) in [6, 6.07) is 7.84. The van der Waals surface area contributed by atoms with E-state index in [0.29, 0.717) is 12.5 Å². The second-order valence-electron chi connectivity index (χ2n) is 5.53. The first kappa shape index (κ1) is 15.0. The molecule has 0 radical (unpaired) electrons. The fraction of sp³-hybridized carbons (Fsp3) is 0.438. The molecule has 1 fully saturated rings. The van der Waals surface area contributed by atoms with Crippen molar-refractivity contribution in [2.24, 2.45) is 5.92 Å². The van der Waals surface area contributed by atoms with Gasteiger partial charge in [0.2, 0.25) is 0 Å². The highest BCUT2D eigenvalue weighted by atomic mass is 35.5. The highest BCUT2D eigenvalue weighted by molar-refractivity contribution is 7.13. The Labute approximate surface area is 134 Å². The minimum Gasteiger partial charge on any atom is -0.396 e. The summed E-state index contributed by atoms with van der Waals surface area (Å²) in [6.45, 7) is 3.36. The fourth-order valence-electron chi connectivity index (χ4n) is 2.84. The molecule has 1 aromatic heterocycles. The number of nitrogens with zero attached hydrogens (tertiary/aromatic N) is 2. The molecule has 1 N–H and O–H groups in total. The molecule has 1 aliphatic rings. The highest BCUT2D eigenvalue weighted by Gasteiger charge is 2.22. The van der Waals surface area contributed by atoms with E-state index in [-0.39, 0.29) is 0 Å². The largest absolute Gasteiger partial charge is 0.396 e. The molecule has 1 aromatic carbocycles. The van der Waals surface area contributed by atoms with E-state index in [1.54, 1.807) is 11.3 Å². The fourth-order valence-corrected chi connectivity index (χ4v) is 3.97. The minimum absolute atomic E-state index is 0.297. The molecule has 0 amide bonds. The molecular formula is C16H19ClN2OS. The maximum atomic E-state index is 9.02. The molecule has 112 valence electrons. The van der Waals surface area contributed by atoms with Crippen molar-refractivity contribution >= 4 is 22.9 Å². The van der Waals surface area contributed by atoms with Gasteiger partial charge in [-0.1, -0.05) is 29.8 Å². The third kappa shape index (κ3) is 3.64. The highest BCUT2D eigenvalue weighted by Crippen LogP contribution is 2.31. The van der Waals surface area contributed by atoms with Crippen LogP contribution in [-0.4, -0.2) is 34.7 Å². The zero-order chi connectivity index (χ0) is 14.7. The number of rotatable bonds is 5. The number of hydrogen-bond donors (Lipinski definition) is 1. The van der Waals surface area contributed by atoms with Gasteiger partial charge in [-0.3, -0.25) is 4.90 Å². The maximum Gasteiger partial charge on any atom is 0.125 e. The summed E-state index contributed by atoms with van der Waals surface area (Å²) in [4.78, 5) is 7.14. The van der Waals surface area contributed by atoms with Crippen LogP contribution in [0.5, 0.6) is 0 Å². The summed E-state index contributed by atoms with van der Waals surface area (Å²) < 4.78 is 0. The monoisotopic (exact) mass is 322 g/mol. The third-order valence-corrected chi connectivity index (χ3v) is 5.20. The Kier molecular flexibility index (Phi) is 4.91. The van der Waals surface area contributed by atoms with Crippen LogP contribution in [0.15, 0.2) is 29.6 Å². The SMILES string of the molecule is OCCC1CCN(Cc2csc(-c3ccccc3Cl)n2)C1. The van der Waals surface area contributed by atoms with Crippen molar-refractivity contribution in [2.75, 3.05) is 19.7 Å². The van der Waals surface area contributed by atoms with E-state index in [0.717, 1.165) is 47.3 Å². The van der Waals surface area contributed by atoms with E-state index < -0.39 is 0 Å². The summed E-state index contributed by atoms with van der Waals surface area (Å²) in [6.07, 6.45) is 2.10. The first-order valence-electron chi connectivity index (χ1n) is 7.29. The summed E-state index contributed by atoms with van der Waals surface area (Å²) in [5.41, 5.74) is 2.12. The average molecular weight is 323 g/mol. The lowest BCUT2D eigenvalue weighted by Gasteiger charge is -2.14. The van der Waals surface area contributed by atoms with Crippen LogP contribution in [0.3, 0.4) is 0 Å². The number of aromatic nitrogens is 1. The van der Waals surface area contributed by atoms with Crippen molar-refractivity contribution < 1.29 is 5.11 Å². The van der Waals surface area contributed by atoms with E-state index in [1.807, 2.05) is 24.3 Å². The number of benzene rings is 1. The quantitative estimate of drug-likeness (QED) is 0.912. The van der Waals surface area contributed by atoms with Crippen LogP contribution in [0.25, 0.3) is 10.6 Å². The van der Waals surface area contributed by atoms with E-state index in [9.17, 15) is 0 Å². The van der Waals surface area contributed by atoms with Crippen LogP contribution < -0.4 is 0 Å². The molecule has 1 atom stereocenters. The lowest BCUT2D eigenvalue weighted by molar-refractivity contribution is 0.249. The lowest BCUT2D eigenvalue weighted by atomic mass is 10.1. The van der Waals surface area contributed by atoms with Gasteiger partial charge >= 0.3 is 0 Å². The van der Waals surface area contributed by atoms with Gasteiger partial charge in [0.25, 0.3) is 0 Å². The van der Waals surface area contributed by atoms with Crippen molar-refractivity contribution in [1.29, 1.82) is 0 Å². The Morgan fingerprint density at radius 1 is 1.38 bits per heavy atom. The van der Waals surface area contributed by atoms with E-state index in [2.05, 4.69) is 10.3 Å². The summed E-state index contributed by atoms with van der Waals surface area (Å²) >= 11 is 7.87. The molecule has 21 heavy (non-hydrogen) atoms. The molecule has 0 bridgehead atoms.